The Kier molecular flexibility index (Phi) is 5.89. The predicted octanol–water partition coefficient (Wildman–Crippen LogP) is 0.155. The fourth-order valence-corrected chi connectivity index (χ4v) is 1.69. The van der Waals surface area contributed by atoms with E-state index in [1.165, 1.54) is 31.1 Å². The van der Waals surface area contributed by atoms with Crippen LogP contribution in [0.15, 0.2) is 12.4 Å². The van der Waals surface area contributed by atoms with E-state index in [0.29, 0.717) is 5.69 Å². The SMILES string of the molecule is COC(=O)Cn1cc(NC(=O)C(NC(C)=O)C(C)C)cn1. The lowest BCUT2D eigenvalue weighted by Crippen LogP contribution is -2.46. The fraction of sp³-hybridized carbons (Fsp3) is 0.538. The summed E-state index contributed by atoms with van der Waals surface area (Å²) >= 11 is 0. The van der Waals surface area contributed by atoms with Crippen LogP contribution in [-0.4, -0.2) is 40.7 Å². The van der Waals surface area contributed by atoms with Gasteiger partial charge in [-0.25, -0.2) is 0 Å². The van der Waals surface area contributed by atoms with Crippen LogP contribution in [0.1, 0.15) is 20.8 Å². The number of carbonyl (C=O) groups is 3. The van der Waals surface area contributed by atoms with E-state index in [1.807, 2.05) is 13.8 Å². The molecule has 8 nitrogen and oxygen atoms in total. The topological polar surface area (TPSA) is 102 Å². The molecule has 0 fully saturated rings. The van der Waals surface area contributed by atoms with Crippen LogP contribution in [0.5, 0.6) is 0 Å². The molecule has 8 heteroatoms. The summed E-state index contributed by atoms with van der Waals surface area (Å²) in [5, 5.41) is 9.18. The second-order valence-electron chi connectivity index (χ2n) is 4.91. The Morgan fingerprint density at radius 3 is 2.57 bits per heavy atom. The van der Waals surface area contributed by atoms with E-state index >= 15 is 0 Å². The molecule has 0 radical (unpaired) electrons. The fourth-order valence-electron chi connectivity index (χ4n) is 1.69. The van der Waals surface area contributed by atoms with Crippen molar-refractivity contribution in [3.8, 4) is 0 Å². The zero-order valence-electron chi connectivity index (χ0n) is 12.5. The minimum atomic E-state index is -0.633. The van der Waals surface area contributed by atoms with Crippen LogP contribution in [0.25, 0.3) is 0 Å². The van der Waals surface area contributed by atoms with Crippen LogP contribution in [0.4, 0.5) is 5.69 Å². The molecule has 21 heavy (non-hydrogen) atoms. The van der Waals surface area contributed by atoms with Gasteiger partial charge in [0, 0.05) is 13.1 Å². The monoisotopic (exact) mass is 296 g/mol. The van der Waals surface area contributed by atoms with Gasteiger partial charge in [-0.2, -0.15) is 5.10 Å². The lowest BCUT2D eigenvalue weighted by Gasteiger charge is -2.20. The van der Waals surface area contributed by atoms with Crippen molar-refractivity contribution in [3.63, 3.8) is 0 Å². The third-order valence-corrected chi connectivity index (χ3v) is 2.73. The van der Waals surface area contributed by atoms with Gasteiger partial charge >= 0.3 is 5.97 Å². The number of carbonyl (C=O) groups excluding carboxylic acids is 3. The van der Waals surface area contributed by atoms with Crippen LogP contribution >= 0.6 is 0 Å². The summed E-state index contributed by atoms with van der Waals surface area (Å²) in [6.45, 7) is 4.99. The van der Waals surface area contributed by atoms with Gasteiger partial charge in [0.1, 0.15) is 12.6 Å². The number of methoxy groups -OCH3 is 1. The molecule has 0 aliphatic carbocycles. The maximum Gasteiger partial charge on any atom is 0.327 e. The Morgan fingerprint density at radius 1 is 1.38 bits per heavy atom. The number of rotatable bonds is 6. The number of hydrogen-bond acceptors (Lipinski definition) is 5. The molecule has 1 heterocycles. The number of anilines is 1. The van der Waals surface area contributed by atoms with Crippen LogP contribution < -0.4 is 10.6 Å². The summed E-state index contributed by atoms with van der Waals surface area (Å²) in [6, 6.07) is -0.633. The Bertz CT molecular complexity index is 524. The number of ether oxygens (including phenoxy) is 1. The summed E-state index contributed by atoms with van der Waals surface area (Å²) in [4.78, 5) is 34.4. The summed E-state index contributed by atoms with van der Waals surface area (Å²) in [5.41, 5.74) is 0.444. The molecule has 1 atom stereocenters. The quantitative estimate of drug-likeness (QED) is 0.728. The van der Waals surface area contributed by atoms with Crippen LogP contribution in [-0.2, 0) is 25.7 Å². The molecule has 116 valence electrons. The van der Waals surface area contributed by atoms with Gasteiger partial charge in [-0.3, -0.25) is 19.1 Å². The van der Waals surface area contributed by atoms with Crippen molar-refractivity contribution >= 4 is 23.5 Å². The average molecular weight is 296 g/mol. The molecule has 2 N–H and O–H groups in total. The first kappa shape index (κ1) is 16.7. The molecule has 2 amide bonds. The molecule has 1 aromatic heterocycles. The van der Waals surface area contributed by atoms with Crippen molar-refractivity contribution in [1.29, 1.82) is 0 Å². The van der Waals surface area contributed by atoms with Gasteiger partial charge in [0.25, 0.3) is 0 Å². The van der Waals surface area contributed by atoms with Crippen molar-refractivity contribution in [2.45, 2.75) is 33.4 Å². The molecule has 0 aromatic carbocycles. The van der Waals surface area contributed by atoms with Gasteiger partial charge in [0.05, 0.1) is 19.0 Å². The second kappa shape index (κ2) is 7.41. The second-order valence-corrected chi connectivity index (χ2v) is 4.91. The molecular formula is C13H20N4O4. The van der Waals surface area contributed by atoms with E-state index in [0.717, 1.165) is 0 Å². The van der Waals surface area contributed by atoms with Gasteiger partial charge in [-0.15, -0.1) is 0 Å². The minimum absolute atomic E-state index is 0.0360. The Hall–Kier alpha value is -2.38. The zero-order valence-corrected chi connectivity index (χ0v) is 12.5. The predicted molar refractivity (Wildman–Crippen MR) is 75.3 cm³/mol. The largest absolute Gasteiger partial charge is 0.468 e. The molecule has 0 bridgehead atoms. The maximum atomic E-state index is 12.1. The standard InChI is InChI=1S/C13H20N4O4/c1-8(2)12(15-9(3)18)13(20)16-10-5-14-17(6-10)7-11(19)21-4/h5-6,8,12H,7H2,1-4H3,(H,15,18)(H,16,20). The minimum Gasteiger partial charge on any atom is -0.468 e. The molecule has 0 saturated carbocycles. The Labute approximate surface area is 122 Å². The van der Waals surface area contributed by atoms with Crippen molar-refractivity contribution in [3.05, 3.63) is 12.4 Å². The van der Waals surface area contributed by atoms with Crippen molar-refractivity contribution in [1.82, 2.24) is 15.1 Å². The highest BCUT2D eigenvalue weighted by Crippen LogP contribution is 2.09. The first-order valence-corrected chi connectivity index (χ1v) is 6.50. The summed E-state index contributed by atoms with van der Waals surface area (Å²) in [6.07, 6.45) is 2.94. The number of nitrogens with zero attached hydrogens (tertiary/aromatic N) is 2. The molecule has 1 unspecified atom stereocenters. The number of esters is 1. The highest BCUT2D eigenvalue weighted by molar-refractivity contribution is 5.96. The van der Waals surface area contributed by atoms with Crippen LogP contribution in [0.2, 0.25) is 0 Å². The van der Waals surface area contributed by atoms with Crippen molar-refractivity contribution < 1.29 is 19.1 Å². The van der Waals surface area contributed by atoms with Gasteiger partial charge in [0.15, 0.2) is 0 Å². The highest BCUT2D eigenvalue weighted by atomic mass is 16.5. The Balaban J connectivity index is 2.68. The maximum absolute atomic E-state index is 12.1. The average Bonchev–Trinajstić information content (AvgIpc) is 2.82. The Morgan fingerprint density at radius 2 is 2.05 bits per heavy atom. The first-order valence-electron chi connectivity index (χ1n) is 6.50. The van der Waals surface area contributed by atoms with Gasteiger partial charge in [-0.05, 0) is 5.92 Å². The highest BCUT2D eigenvalue weighted by Gasteiger charge is 2.23. The van der Waals surface area contributed by atoms with Crippen molar-refractivity contribution in [2.24, 2.45) is 5.92 Å². The van der Waals surface area contributed by atoms with Crippen LogP contribution in [0, 0.1) is 5.92 Å². The number of aromatic nitrogens is 2. The van der Waals surface area contributed by atoms with E-state index in [9.17, 15) is 14.4 Å². The van der Waals surface area contributed by atoms with Gasteiger partial charge in [-0.1, -0.05) is 13.8 Å². The molecular weight excluding hydrogens is 276 g/mol. The van der Waals surface area contributed by atoms with Gasteiger partial charge < -0.3 is 15.4 Å². The summed E-state index contributed by atoms with van der Waals surface area (Å²) < 4.78 is 5.87. The summed E-state index contributed by atoms with van der Waals surface area (Å²) in [5.74, 6) is -1.10. The summed E-state index contributed by atoms with van der Waals surface area (Å²) in [7, 11) is 1.29. The van der Waals surface area contributed by atoms with Crippen LogP contribution in [0.3, 0.4) is 0 Å². The van der Waals surface area contributed by atoms with E-state index in [-0.39, 0.29) is 24.3 Å². The van der Waals surface area contributed by atoms with Crippen molar-refractivity contribution in [2.75, 3.05) is 12.4 Å². The molecule has 1 aromatic rings. The molecule has 0 aliphatic heterocycles. The zero-order chi connectivity index (χ0) is 16.0. The lowest BCUT2D eigenvalue weighted by molar-refractivity contribution is -0.141. The molecule has 0 spiro atoms. The normalized spacial score (nSPS) is 11.9. The number of hydrogen-bond donors (Lipinski definition) is 2. The number of amides is 2. The van der Waals surface area contributed by atoms with E-state index < -0.39 is 12.0 Å². The molecule has 0 saturated heterocycles. The van der Waals surface area contributed by atoms with E-state index in [1.54, 1.807) is 0 Å². The smallest absolute Gasteiger partial charge is 0.327 e. The van der Waals surface area contributed by atoms with E-state index in [2.05, 4.69) is 20.5 Å². The number of nitrogens with one attached hydrogen (secondary N) is 2. The molecule has 0 aliphatic rings. The lowest BCUT2D eigenvalue weighted by atomic mass is 10.0. The third kappa shape index (κ3) is 5.25. The van der Waals surface area contributed by atoms with Gasteiger partial charge in [0.2, 0.25) is 11.8 Å². The molecule has 1 rings (SSSR count). The third-order valence-electron chi connectivity index (χ3n) is 2.73. The first-order chi connectivity index (χ1) is 9.83. The van der Waals surface area contributed by atoms with E-state index in [4.69, 9.17) is 0 Å².